The maximum Gasteiger partial charge on any atom is 0.140 e. The number of nitrogens with two attached hydrogens (primary N) is 1. The van der Waals surface area contributed by atoms with Crippen molar-refractivity contribution >= 4 is 5.78 Å². The lowest BCUT2D eigenvalue weighted by Crippen LogP contribution is -2.45. The third kappa shape index (κ3) is 3.57. The molecule has 0 radical (unpaired) electrons. The van der Waals surface area contributed by atoms with Gasteiger partial charge in [0.2, 0.25) is 0 Å². The number of Topliss-reactive ketones (excluding diaryl/α,β-unsaturated/α-hetero) is 1. The summed E-state index contributed by atoms with van der Waals surface area (Å²) in [5, 5.41) is 0. The van der Waals surface area contributed by atoms with Crippen molar-refractivity contribution in [2.75, 3.05) is 13.2 Å². The average molecular weight is 267 g/mol. The zero-order valence-electron chi connectivity index (χ0n) is 12.3. The molecule has 1 aliphatic carbocycles. The molecule has 110 valence electrons. The van der Waals surface area contributed by atoms with Gasteiger partial charge in [0.1, 0.15) is 5.78 Å². The fourth-order valence-electron chi connectivity index (χ4n) is 3.87. The average Bonchev–Trinajstić information content (AvgIpc) is 2.45. The number of carbonyl (C=O) groups excluding carboxylic acids is 1. The topological polar surface area (TPSA) is 52.3 Å². The van der Waals surface area contributed by atoms with E-state index in [2.05, 4.69) is 6.92 Å². The molecule has 1 aliphatic heterocycles. The molecule has 1 spiro atoms. The van der Waals surface area contributed by atoms with Gasteiger partial charge in [-0.3, -0.25) is 4.79 Å². The minimum Gasteiger partial charge on any atom is -0.375 e. The van der Waals surface area contributed by atoms with Crippen LogP contribution in [0.2, 0.25) is 0 Å². The van der Waals surface area contributed by atoms with E-state index in [0.717, 1.165) is 45.1 Å². The van der Waals surface area contributed by atoms with E-state index >= 15 is 0 Å². The molecule has 1 saturated heterocycles. The fourth-order valence-corrected chi connectivity index (χ4v) is 3.87. The number of ether oxygens (including phenoxy) is 1. The molecule has 2 fully saturated rings. The summed E-state index contributed by atoms with van der Waals surface area (Å²) in [6.07, 6.45) is 9.99. The van der Waals surface area contributed by atoms with Crippen molar-refractivity contribution in [1.82, 2.24) is 0 Å². The Bertz CT molecular complexity index is 292. The maximum atomic E-state index is 12.6. The van der Waals surface area contributed by atoms with E-state index in [1.165, 1.54) is 19.3 Å². The lowest BCUT2D eigenvalue weighted by molar-refractivity contribution is -0.146. The van der Waals surface area contributed by atoms with Crippen LogP contribution in [-0.2, 0) is 9.53 Å². The van der Waals surface area contributed by atoms with Crippen molar-refractivity contribution in [3.8, 4) is 0 Å². The van der Waals surface area contributed by atoms with Crippen molar-refractivity contribution in [2.24, 2.45) is 17.6 Å². The van der Waals surface area contributed by atoms with Crippen LogP contribution in [0.25, 0.3) is 0 Å². The summed E-state index contributed by atoms with van der Waals surface area (Å²) in [4.78, 5) is 12.6. The zero-order chi connectivity index (χ0) is 13.7. The highest BCUT2D eigenvalue weighted by Crippen LogP contribution is 2.41. The fraction of sp³-hybridized carbons (Fsp3) is 0.938. The molecule has 3 heteroatoms. The van der Waals surface area contributed by atoms with Crippen LogP contribution in [0.4, 0.5) is 0 Å². The highest BCUT2D eigenvalue weighted by molar-refractivity contribution is 5.83. The molecule has 0 aromatic rings. The van der Waals surface area contributed by atoms with Crippen LogP contribution in [0.5, 0.6) is 0 Å². The minimum absolute atomic E-state index is 0.0300. The Morgan fingerprint density at radius 2 is 2.11 bits per heavy atom. The molecule has 1 saturated carbocycles. The zero-order valence-corrected chi connectivity index (χ0v) is 12.3. The number of ketones is 1. The van der Waals surface area contributed by atoms with E-state index in [1.54, 1.807) is 0 Å². The van der Waals surface area contributed by atoms with Crippen LogP contribution < -0.4 is 5.73 Å². The Labute approximate surface area is 117 Å². The summed E-state index contributed by atoms with van der Waals surface area (Å²) in [6.45, 7) is 3.40. The second-order valence-corrected chi connectivity index (χ2v) is 6.41. The Morgan fingerprint density at radius 3 is 2.74 bits per heavy atom. The molecule has 2 aliphatic rings. The second-order valence-electron chi connectivity index (χ2n) is 6.41. The standard InChI is InChI=1S/C16H29NO2/c1-2-6-14(12-17)15(18)13-7-10-19-16(11-13)8-4-3-5-9-16/h13-14H,2-12,17H2,1H3. The van der Waals surface area contributed by atoms with Gasteiger partial charge < -0.3 is 10.5 Å². The highest BCUT2D eigenvalue weighted by Gasteiger charge is 2.41. The molecule has 0 aromatic heterocycles. The van der Waals surface area contributed by atoms with Crippen molar-refractivity contribution < 1.29 is 9.53 Å². The normalized spacial score (nSPS) is 28.2. The van der Waals surface area contributed by atoms with E-state index in [-0.39, 0.29) is 17.4 Å². The van der Waals surface area contributed by atoms with Gasteiger partial charge in [0, 0.05) is 25.0 Å². The number of hydrogen-bond donors (Lipinski definition) is 1. The number of rotatable bonds is 5. The Hall–Kier alpha value is -0.410. The summed E-state index contributed by atoms with van der Waals surface area (Å²) >= 11 is 0. The van der Waals surface area contributed by atoms with Gasteiger partial charge in [-0.1, -0.05) is 32.6 Å². The molecular weight excluding hydrogens is 238 g/mol. The quantitative estimate of drug-likeness (QED) is 0.833. The van der Waals surface area contributed by atoms with E-state index in [9.17, 15) is 4.79 Å². The highest BCUT2D eigenvalue weighted by atomic mass is 16.5. The van der Waals surface area contributed by atoms with Gasteiger partial charge >= 0.3 is 0 Å². The molecule has 0 aromatic carbocycles. The van der Waals surface area contributed by atoms with Crippen LogP contribution in [0.1, 0.15) is 64.7 Å². The van der Waals surface area contributed by atoms with E-state index in [0.29, 0.717) is 12.3 Å². The van der Waals surface area contributed by atoms with Gasteiger partial charge in [-0.25, -0.2) is 0 Å². The van der Waals surface area contributed by atoms with E-state index in [1.807, 2.05) is 0 Å². The Balaban J connectivity index is 1.97. The molecule has 3 nitrogen and oxygen atoms in total. The van der Waals surface area contributed by atoms with Crippen LogP contribution in [0.15, 0.2) is 0 Å². The molecular formula is C16H29NO2. The van der Waals surface area contributed by atoms with Gasteiger partial charge in [-0.05, 0) is 32.1 Å². The summed E-state index contributed by atoms with van der Waals surface area (Å²) in [5.74, 6) is 0.693. The maximum absolute atomic E-state index is 12.6. The van der Waals surface area contributed by atoms with Crippen LogP contribution >= 0.6 is 0 Å². The number of carbonyl (C=O) groups is 1. The molecule has 1 heterocycles. The van der Waals surface area contributed by atoms with E-state index < -0.39 is 0 Å². The lowest BCUT2D eigenvalue weighted by atomic mass is 9.73. The van der Waals surface area contributed by atoms with E-state index in [4.69, 9.17) is 10.5 Å². The van der Waals surface area contributed by atoms with Crippen LogP contribution in [0, 0.1) is 11.8 Å². The molecule has 0 amide bonds. The largest absolute Gasteiger partial charge is 0.375 e. The molecule has 19 heavy (non-hydrogen) atoms. The molecule has 2 unspecified atom stereocenters. The first kappa shape index (κ1) is 15.0. The van der Waals surface area contributed by atoms with Crippen LogP contribution in [0.3, 0.4) is 0 Å². The van der Waals surface area contributed by atoms with Gasteiger partial charge in [-0.15, -0.1) is 0 Å². The van der Waals surface area contributed by atoms with Gasteiger partial charge in [0.05, 0.1) is 5.60 Å². The first-order valence-electron chi connectivity index (χ1n) is 8.08. The Kier molecular flexibility index (Phi) is 5.40. The molecule has 2 rings (SSSR count). The smallest absolute Gasteiger partial charge is 0.140 e. The van der Waals surface area contributed by atoms with Crippen molar-refractivity contribution in [2.45, 2.75) is 70.3 Å². The second kappa shape index (κ2) is 6.85. The van der Waals surface area contributed by atoms with Gasteiger partial charge in [-0.2, -0.15) is 0 Å². The summed E-state index contributed by atoms with van der Waals surface area (Å²) in [7, 11) is 0. The Morgan fingerprint density at radius 1 is 1.37 bits per heavy atom. The first-order chi connectivity index (χ1) is 9.21. The predicted molar refractivity (Wildman–Crippen MR) is 77.0 cm³/mol. The predicted octanol–water partition coefficient (Wildman–Crippen LogP) is 3.06. The summed E-state index contributed by atoms with van der Waals surface area (Å²) in [6, 6.07) is 0. The lowest BCUT2D eigenvalue weighted by Gasteiger charge is -2.43. The van der Waals surface area contributed by atoms with Crippen molar-refractivity contribution in [1.29, 1.82) is 0 Å². The van der Waals surface area contributed by atoms with Crippen LogP contribution in [-0.4, -0.2) is 24.5 Å². The first-order valence-corrected chi connectivity index (χ1v) is 8.08. The number of hydrogen-bond acceptors (Lipinski definition) is 3. The van der Waals surface area contributed by atoms with Gasteiger partial charge in [0.15, 0.2) is 0 Å². The third-order valence-corrected chi connectivity index (χ3v) is 4.98. The van der Waals surface area contributed by atoms with Crippen molar-refractivity contribution in [3.63, 3.8) is 0 Å². The third-order valence-electron chi connectivity index (χ3n) is 4.98. The minimum atomic E-state index is 0.0300. The van der Waals surface area contributed by atoms with Gasteiger partial charge in [0.25, 0.3) is 0 Å². The molecule has 0 bridgehead atoms. The van der Waals surface area contributed by atoms with Crippen molar-refractivity contribution in [3.05, 3.63) is 0 Å². The summed E-state index contributed by atoms with van der Waals surface area (Å²) in [5.41, 5.74) is 5.81. The molecule has 2 N–H and O–H groups in total. The molecule has 2 atom stereocenters. The monoisotopic (exact) mass is 267 g/mol. The SMILES string of the molecule is CCCC(CN)C(=O)C1CCOC2(CCCCC2)C1. The summed E-state index contributed by atoms with van der Waals surface area (Å²) < 4.78 is 6.08.